The quantitative estimate of drug-likeness (QED) is 0.595. The van der Waals surface area contributed by atoms with Gasteiger partial charge in [0.2, 0.25) is 10.0 Å². The van der Waals surface area contributed by atoms with Crippen LogP contribution in [0.5, 0.6) is 0 Å². The molecule has 0 amide bonds. The van der Waals surface area contributed by atoms with Gasteiger partial charge in [-0.1, -0.05) is 6.07 Å². The third kappa shape index (κ3) is 2.68. The van der Waals surface area contributed by atoms with Gasteiger partial charge in [0.15, 0.2) is 0 Å². The van der Waals surface area contributed by atoms with Crippen LogP contribution in [0.2, 0.25) is 0 Å². The number of aromatic nitrogens is 1. The first-order chi connectivity index (χ1) is 6.84. The summed E-state index contributed by atoms with van der Waals surface area (Å²) in [7, 11) is -3.92. The van der Waals surface area contributed by atoms with Crippen LogP contribution in [-0.2, 0) is 10.0 Å². The molecule has 0 atom stereocenters. The van der Waals surface area contributed by atoms with Crippen LogP contribution in [0.4, 0.5) is 5.82 Å². The van der Waals surface area contributed by atoms with Gasteiger partial charge >= 0.3 is 7.12 Å². The van der Waals surface area contributed by atoms with Crippen molar-refractivity contribution >= 4 is 28.4 Å². The van der Waals surface area contributed by atoms with Crippen LogP contribution in [0.3, 0.4) is 0 Å². The second kappa shape index (κ2) is 4.17. The van der Waals surface area contributed by atoms with E-state index in [-0.39, 0.29) is 11.3 Å². The molecule has 8 heteroatoms. The lowest BCUT2D eigenvalue weighted by Crippen LogP contribution is -2.38. The largest absolute Gasteiger partial charge is 0.492 e. The fourth-order valence-corrected chi connectivity index (χ4v) is 1.50. The van der Waals surface area contributed by atoms with E-state index in [1.165, 1.54) is 25.4 Å². The molecule has 0 saturated heterocycles. The maximum atomic E-state index is 11.2. The summed E-state index contributed by atoms with van der Waals surface area (Å²) >= 11 is 0. The third-order valence-electron chi connectivity index (χ3n) is 1.89. The number of hydrogen-bond acceptors (Lipinski definition) is 5. The van der Waals surface area contributed by atoms with Crippen molar-refractivity contribution in [3.05, 3.63) is 18.3 Å². The summed E-state index contributed by atoms with van der Waals surface area (Å²) in [4.78, 5) is 3.79. The van der Waals surface area contributed by atoms with E-state index in [1.54, 1.807) is 0 Å². The average Bonchev–Trinajstić information content (AvgIpc) is 2.15. The monoisotopic (exact) mass is 230 g/mol. The molecule has 0 aliphatic rings. The summed E-state index contributed by atoms with van der Waals surface area (Å²) in [5, 5.41) is 18.0. The van der Waals surface area contributed by atoms with Crippen LogP contribution in [0.1, 0.15) is 0 Å². The molecular weight excluding hydrogens is 219 g/mol. The highest BCUT2D eigenvalue weighted by atomic mass is 32.2. The summed E-state index contributed by atoms with van der Waals surface area (Å²) in [6, 6.07) is 2.89. The van der Waals surface area contributed by atoms with Gasteiger partial charge < -0.3 is 10.0 Å². The van der Waals surface area contributed by atoms with Gasteiger partial charge in [0.05, 0.1) is 6.26 Å². The lowest BCUT2D eigenvalue weighted by Gasteiger charge is -2.18. The Kier molecular flexibility index (Phi) is 3.33. The molecule has 0 fully saturated rings. The van der Waals surface area contributed by atoms with Gasteiger partial charge in [-0.3, -0.25) is 4.31 Å². The van der Waals surface area contributed by atoms with Crippen LogP contribution in [0.15, 0.2) is 18.3 Å². The lowest BCUT2D eigenvalue weighted by molar-refractivity contribution is 0.426. The zero-order chi connectivity index (χ0) is 11.6. The van der Waals surface area contributed by atoms with Gasteiger partial charge in [-0.15, -0.1) is 0 Å². The molecule has 0 aliphatic carbocycles. The summed E-state index contributed by atoms with van der Waals surface area (Å²) in [5.41, 5.74) is 0.0467. The van der Waals surface area contributed by atoms with Crippen molar-refractivity contribution in [1.29, 1.82) is 0 Å². The molecule has 82 valence electrons. The second-order valence-electron chi connectivity index (χ2n) is 3.02. The van der Waals surface area contributed by atoms with Gasteiger partial charge in [-0.05, 0) is 6.07 Å². The number of hydrogen-bond donors (Lipinski definition) is 2. The second-order valence-corrected chi connectivity index (χ2v) is 5.03. The summed E-state index contributed by atoms with van der Waals surface area (Å²) < 4.78 is 23.3. The van der Waals surface area contributed by atoms with E-state index in [0.717, 1.165) is 10.6 Å². The van der Waals surface area contributed by atoms with Gasteiger partial charge in [0, 0.05) is 18.7 Å². The Labute approximate surface area is 88.4 Å². The molecule has 1 aromatic rings. The zero-order valence-electron chi connectivity index (χ0n) is 8.32. The molecule has 0 saturated carbocycles. The van der Waals surface area contributed by atoms with Crippen LogP contribution < -0.4 is 9.77 Å². The van der Waals surface area contributed by atoms with E-state index < -0.39 is 17.1 Å². The van der Waals surface area contributed by atoms with Crippen LogP contribution in [-0.4, -0.2) is 43.9 Å². The normalized spacial score (nSPS) is 11.2. The van der Waals surface area contributed by atoms with Gasteiger partial charge in [-0.25, -0.2) is 13.4 Å². The van der Waals surface area contributed by atoms with Crippen LogP contribution >= 0.6 is 0 Å². The topological polar surface area (TPSA) is 90.7 Å². The molecule has 0 aliphatic heterocycles. The minimum Gasteiger partial charge on any atom is -0.423 e. The van der Waals surface area contributed by atoms with Crippen molar-refractivity contribution in [3.63, 3.8) is 0 Å². The van der Waals surface area contributed by atoms with Crippen molar-refractivity contribution in [3.8, 4) is 0 Å². The maximum Gasteiger partial charge on any atom is 0.492 e. The highest BCUT2D eigenvalue weighted by Crippen LogP contribution is 2.08. The van der Waals surface area contributed by atoms with Crippen molar-refractivity contribution in [2.75, 3.05) is 17.6 Å². The first-order valence-electron chi connectivity index (χ1n) is 4.09. The number of rotatable bonds is 3. The van der Waals surface area contributed by atoms with Crippen LogP contribution in [0, 0.1) is 0 Å². The fourth-order valence-electron chi connectivity index (χ4n) is 1.03. The van der Waals surface area contributed by atoms with Gasteiger partial charge in [0.25, 0.3) is 0 Å². The summed E-state index contributed by atoms with van der Waals surface area (Å²) in [6.45, 7) is 0. The highest BCUT2D eigenvalue weighted by Gasteiger charge is 2.23. The van der Waals surface area contributed by atoms with E-state index in [0.29, 0.717) is 0 Å². The molecule has 2 N–H and O–H groups in total. The van der Waals surface area contributed by atoms with E-state index in [2.05, 4.69) is 4.98 Å². The molecule has 0 aromatic carbocycles. The van der Waals surface area contributed by atoms with Gasteiger partial charge in [-0.2, -0.15) is 0 Å². The first-order valence-corrected chi connectivity index (χ1v) is 5.94. The molecule has 0 spiro atoms. The lowest BCUT2D eigenvalue weighted by atomic mass is 9.80. The summed E-state index contributed by atoms with van der Waals surface area (Å²) in [5.74, 6) is 0.00926. The Morgan fingerprint density at radius 1 is 1.47 bits per heavy atom. The standard InChI is InChI=1S/C7H11BN2O4S/c1-10(15(2,13)14)7-6(8(11)12)4-3-5-9-7/h3-5,11-12H,1-2H3. The molecule has 6 nitrogen and oxygen atoms in total. The van der Waals surface area contributed by atoms with E-state index >= 15 is 0 Å². The minimum atomic E-state index is -3.46. The molecule has 0 radical (unpaired) electrons. The fraction of sp³-hybridized carbons (Fsp3) is 0.286. The average molecular weight is 230 g/mol. The molecule has 15 heavy (non-hydrogen) atoms. The molecule has 1 rings (SSSR count). The number of anilines is 1. The van der Waals surface area contributed by atoms with E-state index in [1.807, 2.05) is 0 Å². The Balaban J connectivity index is 3.26. The molecule has 1 heterocycles. The smallest absolute Gasteiger partial charge is 0.423 e. The summed E-state index contributed by atoms with van der Waals surface area (Å²) in [6.07, 6.45) is 2.39. The minimum absolute atomic E-state index is 0.00926. The van der Waals surface area contributed by atoms with Crippen molar-refractivity contribution in [2.24, 2.45) is 0 Å². The Bertz CT molecular complexity index is 448. The van der Waals surface area contributed by atoms with Crippen molar-refractivity contribution < 1.29 is 18.5 Å². The predicted molar refractivity (Wildman–Crippen MR) is 57.3 cm³/mol. The SMILES string of the molecule is CN(c1ncccc1B(O)O)S(C)(=O)=O. The van der Waals surface area contributed by atoms with E-state index in [9.17, 15) is 8.42 Å². The zero-order valence-corrected chi connectivity index (χ0v) is 9.14. The molecular formula is C7H11BN2O4S. The Morgan fingerprint density at radius 3 is 2.53 bits per heavy atom. The molecule has 1 aromatic heterocycles. The highest BCUT2D eigenvalue weighted by molar-refractivity contribution is 7.92. The van der Waals surface area contributed by atoms with Crippen molar-refractivity contribution in [1.82, 2.24) is 4.98 Å². The third-order valence-corrected chi connectivity index (χ3v) is 3.06. The predicted octanol–water partition coefficient (Wildman–Crippen LogP) is -1.84. The Hall–Kier alpha value is -1.12. The number of pyridine rings is 1. The van der Waals surface area contributed by atoms with Crippen molar-refractivity contribution in [2.45, 2.75) is 0 Å². The van der Waals surface area contributed by atoms with E-state index in [4.69, 9.17) is 10.0 Å². The molecule has 0 bridgehead atoms. The first kappa shape index (κ1) is 12.0. The Morgan fingerprint density at radius 2 is 2.07 bits per heavy atom. The molecule has 0 unspecified atom stereocenters. The number of sulfonamides is 1. The maximum absolute atomic E-state index is 11.2. The van der Waals surface area contributed by atoms with Gasteiger partial charge in [0.1, 0.15) is 5.82 Å². The van der Waals surface area contributed by atoms with Crippen LogP contribution in [0.25, 0.3) is 0 Å². The number of nitrogens with zero attached hydrogens (tertiary/aromatic N) is 2.